The number of carbonyl (C=O) groups excluding carboxylic acids is 3. The Morgan fingerprint density at radius 1 is 1.17 bits per heavy atom. The zero-order valence-corrected chi connectivity index (χ0v) is 17.4. The molecule has 0 saturated carbocycles. The molecular formula is C20H30O10. The molecule has 3 N–H and O–H groups in total. The molecule has 0 aromatic rings. The van der Waals surface area contributed by atoms with E-state index in [1.807, 2.05) is 0 Å². The third-order valence-electron chi connectivity index (χ3n) is 4.27. The van der Waals surface area contributed by atoms with E-state index >= 15 is 0 Å². The molecule has 0 aromatic carbocycles. The van der Waals surface area contributed by atoms with Crippen LogP contribution in [0.1, 0.15) is 33.6 Å². The summed E-state index contributed by atoms with van der Waals surface area (Å²) in [5.41, 5.74) is 1.03. The number of rotatable bonds is 11. The van der Waals surface area contributed by atoms with Crippen LogP contribution < -0.4 is 0 Å². The van der Waals surface area contributed by atoms with Crippen molar-refractivity contribution in [3.63, 3.8) is 0 Å². The zero-order chi connectivity index (χ0) is 22.8. The van der Waals surface area contributed by atoms with Crippen LogP contribution in [0.5, 0.6) is 0 Å². The first-order valence-electron chi connectivity index (χ1n) is 9.47. The highest BCUT2D eigenvalue weighted by Gasteiger charge is 2.47. The third kappa shape index (κ3) is 8.72. The Labute approximate surface area is 175 Å². The minimum atomic E-state index is -1.52. The van der Waals surface area contributed by atoms with Gasteiger partial charge >= 0.3 is 11.9 Å². The van der Waals surface area contributed by atoms with E-state index in [1.54, 1.807) is 6.92 Å². The Bertz CT molecular complexity index is 641. The van der Waals surface area contributed by atoms with Gasteiger partial charge in [0.1, 0.15) is 31.2 Å². The summed E-state index contributed by atoms with van der Waals surface area (Å²) in [6, 6.07) is 0. The van der Waals surface area contributed by atoms with Gasteiger partial charge in [0.15, 0.2) is 12.4 Å². The number of hydrogen-bond donors (Lipinski definition) is 3. The van der Waals surface area contributed by atoms with Gasteiger partial charge in [-0.15, -0.1) is 0 Å². The van der Waals surface area contributed by atoms with E-state index in [0.29, 0.717) is 23.9 Å². The van der Waals surface area contributed by atoms with Crippen molar-refractivity contribution in [2.75, 3.05) is 13.2 Å². The van der Waals surface area contributed by atoms with Gasteiger partial charge < -0.3 is 34.3 Å². The number of aliphatic hydroxyl groups excluding tert-OH is 3. The summed E-state index contributed by atoms with van der Waals surface area (Å²) in [5, 5.41) is 30.4. The Balaban J connectivity index is 2.69. The van der Waals surface area contributed by atoms with Gasteiger partial charge in [0.05, 0.1) is 12.7 Å². The van der Waals surface area contributed by atoms with E-state index in [2.05, 4.69) is 6.58 Å². The second-order valence-corrected chi connectivity index (χ2v) is 7.07. The van der Waals surface area contributed by atoms with Gasteiger partial charge in [0, 0.05) is 13.8 Å². The maximum absolute atomic E-state index is 11.4. The first-order chi connectivity index (χ1) is 14.0. The fraction of sp³-hybridized carbons (Fsp3) is 0.650. The lowest BCUT2D eigenvalue weighted by Gasteiger charge is -2.41. The maximum atomic E-state index is 11.4. The average molecular weight is 430 g/mol. The van der Waals surface area contributed by atoms with E-state index < -0.39 is 48.7 Å². The lowest BCUT2D eigenvalue weighted by molar-refractivity contribution is -0.304. The molecule has 1 aliphatic rings. The molecule has 10 nitrogen and oxygen atoms in total. The Kier molecular flexibility index (Phi) is 10.8. The van der Waals surface area contributed by atoms with E-state index in [-0.39, 0.29) is 19.6 Å². The van der Waals surface area contributed by atoms with Crippen LogP contribution in [0.3, 0.4) is 0 Å². The van der Waals surface area contributed by atoms with E-state index in [9.17, 15) is 29.7 Å². The minimum Gasteiger partial charge on any atom is -0.463 e. The molecule has 1 heterocycles. The molecule has 10 heteroatoms. The third-order valence-corrected chi connectivity index (χ3v) is 4.27. The SMILES string of the molecule is C=C(CCOC1OC(COC(C)=O)C(O)C(O)C1OC(C)=O)CC(O)C=C(C)C=O. The first-order valence-corrected chi connectivity index (χ1v) is 9.47. The Morgan fingerprint density at radius 2 is 1.83 bits per heavy atom. The van der Waals surface area contributed by atoms with Gasteiger partial charge in [-0.3, -0.25) is 14.4 Å². The van der Waals surface area contributed by atoms with Gasteiger partial charge in [-0.2, -0.15) is 0 Å². The molecule has 30 heavy (non-hydrogen) atoms. The summed E-state index contributed by atoms with van der Waals surface area (Å²) in [5.74, 6) is -1.29. The second-order valence-electron chi connectivity index (χ2n) is 7.07. The monoisotopic (exact) mass is 430 g/mol. The topological polar surface area (TPSA) is 149 Å². The molecule has 0 amide bonds. The predicted molar refractivity (Wildman–Crippen MR) is 103 cm³/mol. The van der Waals surface area contributed by atoms with E-state index in [1.165, 1.54) is 13.0 Å². The molecule has 0 spiro atoms. The van der Waals surface area contributed by atoms with Crippen molar-refractivity contribution in [2.45, 2.75) is 70.4 Å². The highest BCUT2D eigenvalue weighted by Crippen LogP contribution is 2.25. The Morgan fingerprint density at radius 3 is 2.40 bits per heavy atom. The van der Waals surface area contributed by atoms with Crippen LogP contribution >= 0.6 is 0 Å². The van der Waals surface area contributed by atoms with Crippen molar-refractivity contribution < 1.29 is 48.7 Å². The van der Waals surface area contributed by atoms with Crippen molar-refractivity contribution in [2.24, 2.45) is 0 Å². The molecule has 0 aromatic heterocycles. The number of carbonyl (C=O) groups is 3. The lowest BCUT2D eigenvalue weighted by Crippen LogP contribution is -2.60. The molecule has 1 saturated heterocycles. The number of aldehydes is 1. The number of allylic oxidation sites excluding steroid dienone is 1. The summed E-state index contributed by atoms with van der Waals surface area (Å²) >= 11 is 0. The summed E-state index contributed by atoms with van der Waals surface area (Å²) in [6.07, 6.45) is -4.87. The molecule has 0 radical (unpaired) electrons. The summed E-state index contributed by atoms with van der Waals surface area (Å²) in [7, 11) is 0. The van der Waals surface area contributed by atoms with Crippen LogP contribution in [-0.4, -0.2) is 83.6 Å². The molecule has 6 unspecified atom stereocenters. The molecular weight excluding hydrogens is 400 g/mol. The van der Waals surface area contributed by atoms with Gasteiger partial charge in [0.2, 0.25) is 0 Å². The smallest absolute Gasteiger partial charge is 0.303 e. The van der Waals surface area contributed by atoms with Gasteiger partial charge in [-0.25, -0.2) is 0 Å². The molecule has 0 aliphatic carbocycles. The normalized spacial score (nSPS) is 27.8. The molecule has 0 bridgehead atoms. The molecule has 6 atom stereocenters. The maximum Gasteiger partial charge on any atom is 0.303 e. The van der Waals surface area contributed by atoms with E-state index in [0.717, 1.165) is 6.92 Å². The quantitative estimate of drug-likeness (QED) is 0.174. The van der Waals surface area contributed by atoms with E-state index in [4.69, 9.17) is 18.9 Å². The summed E-state index contributed by atoms with van der Waals surface area (Å²) in [6.45, 7) is 7.47. The number of esters is 2. The van der Waals surface area contributed by atoms with Gasteiger partial charge in [-0.05, 0) is 31.4 Å². The Hall–Kier alpha value is -2.11. The van der Waals surface area contributed by atoms with Crippen molar-refractivity contribution in [3.05, 3.63) is 23.8 Å². The van der Waals surface area contributed by atoms with Crippen LogP contribution in [-0.2, 0) is 33.3 Å². The molecule has 1 rings (SSSR count). The highest BCUT2D eigenvalue weighted by molar-refractivity contribution is 5.72. The van der Waals surface area contributed by atoms with Gasteiger partial charge in [0.25, 0.3) is 0 Å². The van der Waals surface area contributed by atoms with Crippen molar-refractivity contribution in [3.8, 4) is 0 Å². The molecule has 1 fully saturated rings. The molecule has 170 valence electrons. The van der Waals surface area contributed by atoms with Gasteiger partial charge in [-0.1, -0.05) is 12.2 Å². The summed E-state index contributed by atoms with van der Waals surface area (Å²) in [4.78, 5) is 33.0. The number of aliphatic hydroxyl groups is 3. The summed E-state index contributed by atoms with van der Waals surface area (Å²) < 4.78 is 21.0. The number of ether oxygens (including phenoxy) is 4. The molecule has 1 aliphatic heterocycles. The standard InChI is InChI=1S/C20H30O10/c1-11(7-15(24)8-12(2)9-21)5-6-27-20-19(29-14(4)23)18(26)17(25)16(30-20)10-28-13(3)22/h8-9,15-20,24-26H,1,5-7,10H2,2-4H3. The van der Waals surface area contributed by atoms with Crippen LogP contribution in [0.2, 0.25) is 0 Å². The lowest BCUT2D eigenvalue weighted by atomic mass is 9.99. The first kappa shape index (κ1) is 25.9. The zero-order valence-electron chi connectivity index (χ0n) is 17.4. The average Bonchev–Trinajstić information content (AvgIpc) is 2.65. The van der Waals surface area contributed by atoms with Crippen LogP contribution in [0, 0.1) is 0 Å². The van der Waals surface area contributed by atoms with Crippen molar-refractivity contribution in [1.29, 1.82) is 0 Å². The predicted octanol–water partition coefficient (Wildman–Crippen LogP) is -0.213. The van der Waals surface area contributed by atoms with Crippen molar-refractivity contribution >= 4 is 18.2 Å². The fourth-order valence-corrected chi connectivity index (χ4v) is 2.81. The second kappa shape index (κ2) is 12.6. The van der Waals surface area contributed by atoms with Crippen LogP contribution in [0.4, 0.5) is 0 Å². The highest BCUT2D eigenvalue weighted by atomic mass is 16.7. The fourth-order valence-electron chi connectivity index (χ4n) is 2.81. The number of hydrogen-bond acceptors (Lipinski definition) is 10. The van der Waals surface area contributed by atoms with Crippen molar-refractivity contribution in [1.82, 2.24) is 0 Å². The van der Waals surface area contributed by atoms with Crippen LogP contribution in [0.25, 0.3) is 0 Å². The minimum absolute atomic E-state index is 0.0491. The largest absolute Gasteiger partial charge is 0.463 e. The van der Waals surface area contributed by atoms with Crippen LogP contribution in [0.15, 0.2) is 23.8 Å².